The van der Waals surface area contributed by atoms with E-state index in [1.807, 2.05) is 38.1 Å². The Bertz CT molecular complexity index is 1040. The van der Waals surface area contributed by atoms with E-state index in [1.54, 1.807) is 17.2 Å². The van der Waals surface area contributed by atoms with Crippen LogP contribution in [0.2, 0.25) is 0 Å². The summed E-state index contributed by atoms with van der Waals surface area (Å²) >= 11 is 0. The maximum atomic E-state index is 14.4. The Morgan fingerprint density at radius 1 is 0.969 bits per heavy atom. The van der Waals surface area contributed by atoms with Gasteiger partial charge in [0.1, 0.15) is 5.82 Å². The second kappa shape index (κ2) is 9.94. The van der Waals surface area contributed by atoms with E-state index < -0.39 is 0 Å². The molecule has 1 N–H and O–H groups in total. The SMILES string of the molecule is Cc1cccc(C)c1NC(=O)N(Cc1ncccc1F)C1CCC(c2ccccc2)CC1. The van der Waals surface area contributed by atoms with Crippen molar-refractivity contribution in [1.82, 2.24) is 9.88 Å². The summed E-state index contributed by atoms with van der Waals surface area (Å²) in [7, 11) is 0. The van der Waals surface area contributed by atoms with Crippen molar-refractivity contribution >= 4 is 11.7 Å². The van der Waals surface area contributed by atoms with Crippen LogP contribution in [0.25, 0.3) is 0 Å². The third-order valence-corrected chi connectivity index (χ3v) is 6.54. The first-order chi connectivity index (χ1) is 15.5. The number of aryl methyl sites for hydroxylation is 2. The summed E-state index contributed by atoms with van der Waals surface area (Å²) in [6, 6.07) is 19.3. The van der Waals surface area contributed by atoms with Crippen LogP contribution in [0.1, 0.15) is 54.0 Å². The second-order valence-electron chi connectivity index (χ2n) is 8.67. The Kier molecular flexibility index (Phi) is 6.84. The predicted molar refractivity (Wildman–Crippen MR) is 126 cm³/mol. The molecule has 0 unspecified atom stereocenters. The number of hydrogen-bond donors (Lipinski definition) is 1. The Morgan fingerprint density at radius 2 is 1.66 bits per heavy atom. The number of hydrogen-bond acceptors (Lipinski definition) is 2. The minimum absolute atomic E-state index is 0.0423. The number of carbonyl (C=O) groups excluding carboxylic acids is 1. The monoisotopic (exact) mass is 431 g/mol. The van der Waals surface area contributed by atoms with Gasteiger partial charge in [0.05, 0.1) is 12.2 Å². The molecule has 0 spiro atoms. The van der Waals surface area contributed by atoms with E-state index in [0.29, 0.717) is 11.6 Å². The van der Waals surface area contributed by atoms with Crippen molar-refractivity contribution in [3.05, 3.63) is 95.1 Å². The summed E-state index contributed by atoms with van der Waals surface area (Å²) < 4.78 is 14.4. The highest BCUT2D eigenvalue weighted by Gasteiger charge is 2.30. The van der Waals surface area contributed by atoms with Crippen LogP contribution in [0, 0.1) is 19.7 Å². The van der Waals surface area contributed by atoms with Gasteiger partial charge in [0.2, 0.25) is 0 Å². The molecule has 0 radical (unpaired) electrons. The number of rotatable bonds is 5. The van der Waals surface area contributed by atoms with Gasteiger partial charge in [-0.15, -0.1) is 0 Å². The van der Waals surface area contributed by atoms with Gasteiger partial charge in [-0.25, -0.2) is 9.18 Å². The van der Waals surface area contributed by atoms with E-state index in [9.17, 15) is 9.18 Å². The molecule has 4 rings (SSSR count). The first-order valence-corrected chi connectivity index (χ1v) is 11.3. The highest BCUT2D eigenvalue weighted by molar-refractivity contribution is 5.91. The molecule has 166 valence electrons. The lowest BCUT2D eigenvalue weighted by molar-refractivity contribution is 0.156. The number of aromatic nitrogens is 1. The fourth-order valence-electron chi connectivity index (χ4n) is 4.70. The molecule has 1 heterocycles. The molecule has 1 aliphatic carbocycles. The van der Waals surface area contributed by atoms with E-state index >= 15 is 0 Å². The molecule has 0 saturated heterocycles. The van der Waals surface area contributed by atoms with Crippen LogP contribution >= 0.6 is 0 Å². The van der Waals surface area contributed by atoms with Gasteiger partial charge in [-0.2, -0.15) is 0 Å². The molecular formula is C27H30FN3O. The minimum atomic E-state index is -0.379. The fourth-order valence-corrected chi connectivity index (χ4v) is 4.70. The summed E-state index contributed by atoms with van der Waals surface area (Å²) in [6.45, 7) is 4.12. The number of urea groups is 1. The van der Waals surface area contributed by atoms with Gasteiger partial charge in [-0.1, -0.05) is 48.5 Å². The van der Waals surface area contributed by atoms with Crippen molar-refractivity contribution < 1.29 is 9.18 Å². The van der Waals surface area contributed by atoms with Crippen molar-refractivity contribution in [1.29, 1.82) is 0 Å². The van der Waals surface area contributed by atoms with Gasteiger partial charge in [-0.3, -0.25) is 4.98 Å². The van der Waals surface area contributed by atoms with E-state index in [-0.39, 0.29) is 24.4 Å². The lowest BCUT2D eigenvalue weighted by Gasteiger charge is -2.37. The topological polar surface area (TPSA) is 45.2 Å². The van der Waals surface area contributed by atoms with E-state index in [2.05, 4.69) is 34.6 Å². The molecule has 0 atom stereocenters. The third kappa shape index (κ3) is 4.98. The number of amides is 2. The maximum absolute atomic E-state index is 14.4. The predicted octanol–water partition coefficient (Wildman–Crippen LogP) is 6.60. The largest absolute Gasteiger partial charge is 0.322 e. The van der Waals surface area contributed by atoms with Crippen LogP contribution in [0.15, 0.2) is 66.9 Å². The number of nitrogens with one attached hydrogen (secondary N) is 1. The summed E-state index contributed by atoms with van der Waals surface area (Å²) in [4.78, 5) is 19.4. The number of carbonyl (C=O) groups is 1. The Labute approximate surface area is 189 Å². The zero-order valence-electron chi connectivity index (χ0n) is 18.7. The molecule has 2 aromatic carbocycles. The molecule has 0 bridgehead atoms. The first kappa shape index (κ1) is 22.0. The van der Waals surface area contributed by atoms with Crippen LogP contribution in [-0.2, 0) is 6.54 Å². The summed E-state index contributed by atoms with van der Waals surface area (Å²) in [5.41, 5.74) is 4.50. The normalized spacial score (nSPS) is 18.2. The molecule has 4 nitrogen and oxygen atoms in total. The standard InChI is InChI=1S/C27H30FN3O/c1-19-8-6-9-20(2)26(19)30-27(32)31(18-25-24(28)12-7-17-29-25)23-15-13-22(14-16-23)21-10-4-3-5-11-21/h3-12,17,22-23H,13-16,18H2,1-2H3,(H,30,32). The highest BCUT2D eigenvalue weighted by Crippen LogP contribution is 2.35. The Morgan fingerprint density at radius 3 is 2.31 bits per heavy atom. The molecule has 1 fully saturated rings. The lowest BCUT2D eigenvalue weighted by Crippen LogP contribution is -2.44. The second-order valence-corrected chi connectivity index (χ2v) is 8.67. The molecule has 2 amide bonds. The summed E-state index contributed by atoms with van der Waals surface area (Å²) in [6.07, 6.45) is 5.35. The molecule has 1 saturated carbocycles. The van der Waals surface area contributed by atoms with Crippen molar-refractivity contribution in [2.24, 2.45) is 0 Å². The minimum Gasteiger partial charge on any atom is -0.316 e. The van der Waals surface area contributed by atoms with Gasteiger partial charge in [0, 0.05) is 17.9 Å². The average molecular weight is 432 g/mol. The summed E-state index contributed by atoms with van der Waals surface area (Å²) in [5, 5.41) is 3.10. The van der Waals surface area contributed by atoms with Gasteiger partial charge < -0.3 is 10.2 Å². The summed E-state index contributed by atoms with van der Waals surface area (Å²) in [5.74, 6) is 0.123. The smallest absolute Gasteiger partial charge is 0.316 e. The van der Waals surface area contributed by atoms with Gasteiger partial charge in [-0.05, 0) is 74.3 Å². The molecule has 5 heteroatoms. The van der Waals surface area contributed by atoms with Crippen LogP contribution in [-0.4, -0.2) is 22.0 Å². The van der Waals surface area contributed by atoms with Crippen molar-refractivity contribution in [2.75, 3.05) is 5.32 Å². The number of anilines is 1. The molecule has 3 aromatic rings. The number of halogens is 1. The quantitative estimate of drug-likeness (QED) is 0.495. The number of pyridine rings is 1. The van der Waals surface area contributed by atoms with Crippen LogP contribution in [0.4, 0.5) is 14.9 Å². The average Bonchev–Trinajstić information content (AvgIpc) is 2.82. The molecule has 0 aliphatic heterocycles. The van der Waals surface area contributed by atoms with Gasteiger partial charge in [0.15, 0.2) is 0 Å². The first-order valence-electron chi connectivity index (χ1n) is 11.3. The maximum Gasteiger partial charge on any atom is 0.322 e. The molecule has 1 aliphatic rings. The van der Waals surface area contributed by atoms with Crippen LogP contribution in [0.5, 0.6) is 0 Å². The Hall–Kier alpha value is -3.21. The van der Waals surface area contributed by atoms with E-state index in [0.717, 1.165) is 42.5 Å². The number of benzene rings is 2. The van der Waals surface area contributed by atoms with Crippen molar-refractivity contribution in [3.63, 3.8) is 0 Å². The van der Waals surface area contributed by atoms with Crippen molar-refractivity contribution in [3.8, 4) is 0 Å². The molecule has 32 heavy (non-hydrogen) atoms. The number of para-hydroxylation sites is 1. The van der Waals surface area contributed by atoms with Crippen LogP contribution < -0.4 is 5.32 Å². The fraction of sp³-hybridized carbons (Fsp3) is 0.333. The van der Waals surface area contributed by atoms with Gasteiger partial charge in [0.25, 0.3) is 0 Å². The molecular weight excluding hydrogens is 401 g/mol. The van der Waals surface area contributed by atoms with Crippen LogP contribution in [0.3, 0.4) is 0 Å². The lowest BCUT2D eigenvalue weighted by atomic mass is 9.81. The van der Waals surface area contributed by atoms with Gasteiger partial charge >= 0.3 is 6.03 Å². The Balaban J connectivity index is 1.54. The van der Waals surface area contributed by atoms with E-state index in [4.69, 9.17) is 0 Å². The van der Waals surface area contributed by atoms with E-state index in [1.165, 1.54) is 11.6 Å². The zero-order chi connectivity index (χ0) is 22.5. The van der Waals surface area contributed by atoms with Crippen molar-refractivity contribution in [2.45, 2.75) is 58.0 Å². The molecule has 1 aromatic heterocycles. The third-order valence-electron chi connectivity index (χ3n) is 6.54. The highest BCUT2D eigenvalue weighted by atomic mass is 19.1. The number of nitrogens with zero attached hydrogens (tertiary/aromatic N) is 2. The zero-order valence-corrected chi connectivity index (χ0v) is 18.7.